The van der Waals surface area contributed by atoms with Crippen LogP contribution in [-0.2, 0) is 14.8 Å². The van der Waals surface area contributed by atoms with Crippen molar-refractivity contribution in [1.82, 2.24) is 14.6 Å². The molecular formula is C15H21FN4O4S. The smallest absolute Gasteiger partial charge is 0.244 e. The molecule has 1 aromatic rings. The summed E-state index contributed by atoms with van der Waals surface area (Å²) in [5.74, 6) is -0.356. The van der Waals surface area contributed by atoms with Gasteiger partial charge in [0.1, 0.15) is 11.5 Å². The van der Waals surface area contributed by atoms with Crippen molar-refractivity contribution in [2.45, 2.75) is 11.3 Å². The quantitative estimate of drug-likeness (QED) is 0.698. The first-order chi connectivity index (χ1) is 11.9. The molecule has 2 heterocycles. The van der Waals surface area contributed by atoms with Crippen LogP contribution in [0.15, 0.2) is 35.1 Å². The monoisotopic (exact) mass is 372 g/mol. The van der Waals surface area contributed by atoms with E-state index in [9.17, 15) is 17.6 Å². The highest BCUT2D eigenvalue weighted by atomic mass is 32.2. The highest BCUT2D eigenvalue weighted by Crippen LogP contribution is 2.24. The number of carbonyl (C=O) groups is 1. The topological polar surface area (TPSA) is 115 Å². The zero-order chi connectivity index (χ0) is 18.4. The van der Waals surface area contributed by atoms with Gasteiger partial charge < -0.3 is 15.8 Å². The summed E-state index contributed by atoms with van der Waals surface area (Å²) in [5, 5.41) is 2.53. The van der Waals surface area contributed by atoms with E-state index in [4.69, 9.17) is 10.5 Å². The number of nitrogens with one attached hydrogen (secondary N) is 1. The van der Waals surface area contributed by atoms with Crippen LogP contribution in [0.1, 0.15) is 6.42 Å². The van der Waals surface area contributed by atoms with Crippen LogP contribution in [-0.4, -0.2) is 56.9 Å². The van der Waals surface area contributed by atoms with E-state index in [1.807, 2.05) is 0 Å². The Kier molecular flexibility index (Phi) is 6.45. The number of carbonyl (C=O) groups excluding carboxylic acids is 1. The van der Waals surface area contributed by atoms with Gasteiger partial charge in [0.05, 0.1) is 18.4 Å². The van der Waals surface area contributed by atoms with Crippen molar-refractivity contribution in [3.63, 3.8) is 0 Å². The summed E-state index contributed by atoms with van der Waals surface area (Å²) in [6, 6.07) is 2.76. The van der Waals surface area contributed by atoms with E-state index in [0.717, 1.165) is 0 Å². The minimum atomic E-state index is -3.73. The number of sulfonamides is 1. The van der Waals surface area contributed by atoms with Gasteiger partial charge in [-0.2, -0.15) is 4.31 Å². The molecule has 1 aromatic heterocycles. The fourth-order valence-corrected chi connectivity index (χ4v) is 3.87. The Morgan fingerprint density at radius 2 is 2.32 bits per heavy atom. The first kappa shape index (κ1) is 19.3. The Bertz CT molecular complexity index is 736. The van der Waals surface area contributed by atoms with Crippen LogP contribution in [0, 0.1) is 5.92 Å². The molecule has 0 radical (unpaired) electrons. The summed E-state index contributed by atoms with van der Waals surface area (Å²) in [7, 11) is -2.20. The molecule has 8 nitrogen and oxygen atoms in total. The number of nitrogens with two attached hydrogens (primary N) is 1. The van der Waals surface area contributed by atoms with Crippen LogP contribution in [0.3, 0.4) is 0 Å². The van der Waals surface area contributed by atoms with Crippen LogP contribution in [0.25, 0.3) is 0 Å². The van der Waals surface area contributed by atoms with Gasteiger partial charge in [-0.15, -0.1) is 0 Å². The largest absolute Gasteiger partial charge is 0.473 e. The lowest BCUT2D eigenvalue weighted by molar-refractivity contribution is -0.123. The Hall–Kier alpha value is -2.04. The second-order valence-corrected chi connectivity index (χ2v) is 7.49. The van der Waals surface area contributed by atoms with Crippen molar-refractivity contribution < 1.29 is 22.3 Å². The van der Waals surface area contributed by atoms with Gasteiger partial charge in [0.2, 0.25) is 21.8 Å². The van der Waals surface area contributed by atoms with E-state index in [-0.39, 0.29) is 54.4 Å². The average molecular weight is 372 g/mol. The molecule has 3 N–H and O–H groups in total. The summed E-state index contributed by atoms with van der Waals surface area (Å²) in [6.07, 6.45) is 2.03. The molecule has 0 aromatic carbocycles. The lowest BCUT2D eigenvalue weighted by Gasteiger charge is -2.16. The van der Waals surface area contributed by atoms with Gasteiger partial charge in [-0.05, 0) is 12.5 Å². The summed E-state index contributed by atoms with van der Waals surface area (Å²) >= 11 is 0. The standard InChI is InChI=1S/C15H21FN4O4S/c1-18-15(21)12-4-5-20(9-12)25(22,23)13-2-3-14(19-8-13)24-10-11(6-16)7-17/h2-3,6,8,12H,4-5,7,9-10,17H2,1H3,(H,18,21)/b11-6-/t12-/m1/s1. The van der Waals surface area contributed by atoms with Crippen molar-refractivity contribution in [1.29, 1.82) is 0 Å². The van der Waals surface area contributed by atoms with Gasteiger partial charge >= 0.3 is 0 Å². The number of rotatable bonds is 7. The van der Waals surface area contributed by atoms with E-state index in [1.54, 1.807) is 0 Å². The number of pyridine rings is 1. The molecule has 1 atom stereocenters. The number of nitrogens with zero attached hydrogens (tertiary/aromatic N) is 2. The maximum absolute atomic E-state index is 12.6. The van der Waals surface area contributed by atoms with Crippen molar-refractivity contribution in [3.8, 4) is 5.88 Å². The highest BCUT2D eigenvalue weighted by Gasteiger charge is 2.35. The fourth-order valence-electron chi connectivity index (χ4n) is 2.42. The van der Waals surface area contributed by atoms with Crippen LogP contribution in [0.4, 0.5) is 4.39 Å². The Morgan fingerprint density at radius 1 is 1.56 bits per heavy atom. The molecule has 1 saturated heterocycles. The van der Waals surface area contributed by atoms with E-state index in [2.05, 4.69) is 10.3 Å². The maximum Gasteiger partial charge on any atom is 0.244 e. The molecule has 138 valence electrons. The third-order valence-corrected chi connectivity index (χ3v) is 5.79. The Balaban J connectivity index is 2.04. The van der Waals surface area contributed by atoms with E-state index >= 15 is 0 Å². The van der Waals surface area contributed by atoms with Crippen molar-refractivity contribution in [2.75, 3.05) is 33.3 Å². The fraction of sp³-hybridized carbons (Fsp3) is 0.467. The minimum Gasteiger partial charge on any atom is -0.473 e. The number of aromatic nitrogens is 1. The Morgan fingerprint density at radius 3 is 2.88 bits per heavy atom. The van der Waals surface area contributed by atoms with Gasteiger partial charge in [-0.25, -0.2) is 17.8 Å². The summed E-state index contributed by atoms with van der Waals surface area (Å²) < 4.78 is 44.1. The predicted molar refractivity (Wildman–Crippen MR) is 88.9 cm³/mol. The third-order valence-electron chi connectivity index (χ3n) is 3.94. The number of hydrogen-bond acceptors (Lipinski definition) is 6. The molecule has 1 aliphatic heterocycles. The lowest BCUT2D eigenvalue weighted by atomic mass is 10.1. The van der Waals surface area contributed by atoms with Crippen LogP contribution >= 0.6 is 0 Å². The van der Waals surface area contributed by atoms with Gasteiger partial charge in [-0.1, -0.05) is 0 Å². The summed E-state index contributed by atoms with van der Waals surface area (Å²) in [6.45, 7) is 0.373. The van der Waals surface area contributed by atoms with E-state index < -0.39 is 10.0 Å². The second-order valence-electron chi connectivity index (χ2n) is 5.56. The van der Waals surface area contributed by atoms with Crippen LogP contribution in [0.2, 0.25) is 0 Å². The average Bonchev–Trinajstić information content (AvgIpc) is 3.13. The first-order valence-corrected chi connectivity index (χ1v) is 9.15. The summed E-state index contributed by atoms with van der Waals surface area (Å²) in [4.78, 5) is 15.6. The molecule has 0 bridgehead atoms. The Labute approximate surface area is 145 Å². The molecular weight excluding hydrogens is 351 g/mol. The van der Waals surface area contributed by atoms with Gasteiger partial charge in [-0.3, -0.25) is 4.79 Å². The zero-order valence-electron chi connectivity index (χ0n) is 13.8. The summed E-state index contributed by atoms with van der Waals surface area (Å²) in [5.41, 5.74) is 5.58. The third kappa shape index (κ3) is 4.53. The molecule has 10 heteroatoms. The lowest BCUT2D eigenvalue weighted by Crippen LogP contribution is -2.33. The molecule has 1 aliphatic rings. The predicted octanol–water partition coefficient (Wildman–Crippen LogP) is 0.0291. The highest BCUT2D eigenvalue weighted by molar-refractivity contribution is 7.89. The molecule has 0 unspecified atom stereocenters. The van der Waals surface area contributed by atoms with Crippen molar-refractivity contribution in [3.05, 3.63) is 30.2 Å². The second kappa shape index (κ2) is 8.37. The van der Waals surface area contributed by atoms with E-state index in [1.165, 1.54) is 29.7 Å². The maximum atomic E-state index is 12.6. The minimum absolute atomic E-state index is 0.0116. The number of amides is 1. The van der Waals surface area contributed by atoms with Gasteiger partial charge in [0, 0.05) is 38.3 Å². The molecule has 0 saturated carbocycles. The van der Waals surface area contributed by atoms with Crippen LogP contribution in [0.5, 0.6) is 5.88 Å². The number of ether oxygens (including phenoxy) is 1. The van der Waals surface area contributed by atoms with Gasteiger partial charge in [0.15, 0.2) is 0 Å². The molecule has 1 amide bonds. The normalized spacial score (nSPS) is 19.0. The number of halogens is 1. The molecule has 25 heavy (non-hydrogen) atoms. The van der Waals surface area contributed by atoms with Crippen LogP contribution < -0.4 is 15.8 Å². The van der Waals surface area contributed by atoms with Crippen molar-refractivity contribution in [2.24, 2.45) is 11.7 Å². The molecule has 2 rings (SSSR count). The van der Waals surface area contributed by atoms with Gasteiger partial charge in [0.25, 0.3) is 0 Å². The molecule has 0 spiro atoms. The van der Waals surface area contributed by atoms with Crippen molar-refractivity contribution >= 4 is 15.9 Å². The molecule has 0 aliphatic carbocycles. The molecule has 1 fully saturated rings. The SMILES string of the molecule is CNC(=O)[C@@H]1CCN(S(=O)(=O)c2ccc(OC/C(=C\F)CN)nc2)C1. The zero-order valence-corrected chi connectivity index (χ0v) is 14.6. The number of hydrogen-bond donors (Lipinski definition) is 2. The first-order valence-electron chi connectivity index (χ1n) is 7.71. The van der Waals surface area contributed by atoms with E-state index in [0.29, 0.717) is 12.8 Å².